The lowest BCUT2D eigenvalue weighted by Gasteiger charge is -2.14. The van der Waals surface area contributed by atoms with Gasteiger partial charge in [0, 0.05) is 12.8 Å². The molecule has 0 saturated carbocycles. The van der Waals surface area contributed by atoms with E-state index in [4.69, 9.17) is 4.52 Å². The molecule has 0 aliphatic heterocycles. The van der Waals surface area contributed by atoms with E-state index in [2.05, 4.69) is 30.9 Å². The summed E-state index contributed by atoms with van der Waals surface area (Å²) in [5, 5.41) is 3.90. The standard InChI is InChI=1S/C12H20N2O2/c1-6-9(15)8(2)11-13-10(14-16-11)7-12(3,4)5/h8H,6-7H2,1-5H3. The van der Waals surface area contributed by atoms with Crippen LogP contribution in [0.1, 0.15) is 58.7 Å². The second-order valence-electron chi connectivity index (χ2n) is 5.33. The third kappa shape index (κ3) is 3.43. The Labute approximate surface area is 96.4 Å². The van der Waals surface area contributed by atoms with Crippen LogP contribution in [0.25, 0.3) is 0 Å². The van der Waals surface area contributed by atoms with Crippen molar-refractivity contribution in [1.82, 2.24) is 10.1 Å². The summed E-state index contributed by atoms with van der Waals surface area (Å²) in [7, 11) is 0. The summed E-state index contributed by atoms with van der Waals surface area (Å²) in [6.45, 7) is 9.99. The maximum absolute atomic E-state index is 11.5. The summed E-state index contributed by atoms with van der Waals surface area (Å²) in [6, 6.07) is 0. The van der Waals surface area contributed by atoms with Crippen molar-refractivity contribution < 1.29 is 9.32 Å². The van der Waals surface area contributed by atoms with Gasteiger partial charge in [-0.25, -0.2) is 0 Å². The van der Waals surface area contributed by atoms with E-state index in [9.17, 15) is 4.79 Å². The third-order valence-corrected chi connectivity index (χ3v) is 2.37. The summed E-state index contributed by atoms with van der Waals surface area (Å²) in [5.74, 6) is 0.960. The number of nitrogens with zero attached hydrogens (tertiary/aromatic N) is 2. The van der Waals surface area contributed by atoms with Gasteiger partial charge in [-0.3, -0.25) is 4.79 Å². The molecule has 4 heteroatoms. The van der Waals surface area contributed by atoms with Crippen LogP contribution in [0.15, 0.2) is 4.52 Å². The molecule has 1 heterocycles. The Kier molecular flexibility index (Phi) is 3.83. The van der Waals surface area contributed by atoms with Crippen LogP contribution in [0.4, 0.5) is 0 Å². The minimum Gasteiger partial charge on any atom is -0.339 e. The number of carbonyl (C=O) groups is 1. The number of Topliss-reactive ketones (excluding diaryl/α,β-unsaturated/α-hetero) is 1. The first-order valence-corrected chi connectivity index (χ1v) is 5.68. The quantitative estimate of drug-likeness (QED) is 0.789. The van der Waals surface area contributed by atoms with Gasteiger partial charge in [0.2, 0.25) is 5.89 Å². The third-order valence-electron chi connectivity index (χ3n) is 2.37. The Bertz CT molecular complexity index is 363. The van der Waals surface area contributed by atoms with Gasteiger partial charge in [0.15, 0.2) is 5.82 Å². The summed E-state index contributed by atoms with van der Waals surface area (Å²) in [5.41, 5.74) is 0.124. The molecular formula is C12H20N2O2. The minimum atomic E-state index is -0.286. The van der Waals surface area contributed by atoms with E-state index in [0.717, 1.165) is 6.42 Å². The summed E-state index contributed by atoms with van der Waals surface area (Å²) in [4.78, 5) is 15.7. The first kappa shape index (κ1) is 12.9. The molecular weight excluding hydrogens is 204 g/mol. The molecule has 90 valence electrons. The SMILES string of the molecule is CCC(=O)C(C)c1nc(CC(C)(C)C)no1. The van der Waals surface area contributed by atoms with Gasteiger partial charge >= 0.3 is 0 Å². The van der Waals surface area contributed by atoms with Gasteiger partial charge in [-0.15, -0.1) is 0 Å². The van der Waals surface area contributed by atoms with E-state index in [1.165, 1.54) is 0 Å². The topological polar surface area (TPSA) is 56.0 Å². The van der Waals surface area contributed by atoms with Gasteiger partial charge in [0.25, 0.3) is 0 Å². The molecule has 1 atom stereocenters. The van der Waals surface area contributed by atoms with Crippen molar-refractivity contribution in [3.05, 3.63) is 11.7 Å². The van der Waals surface area contributed by atoms with Gasteiger partial charge < -0.3 is 4.52 Å². The molecule has 0 spiro atoms. The van der Waals surface area contributed by atoms with Gasteiger partial charge in [0.05, 0.1) is 5.92 Å². The highest BCUT2D eigenvalue weighted by Crippen LogP contribution is 2.21. The van der Waals surface area contributed by atoms with Crippen molar-refractivity contribution in [2.75, 3.05) is 0 Å². The molecule has 0 radical (unpaired) electrons. The average Bonchev–Trinajstić information content (AvgIpc) is 2.61. The Morgan fingerprint density at radius 1 is 1.44 bits per heavy atom. The van der Waals surface area contributed by atoms with E-state index in [-0.39, 0.29) is 17.1 Å². The highest BCUT2D eigenvalue weighted by Gasteiger charge is 2.22. The molecule has 1 aromatic rings. The zero-order valence-corrected chi connectivity index (χ0v) is 10.7. The van der Waals surface area contributed by atoms with Crippen molar-refractivity contribution in [1.29, 1.82) is 0 Å². The van der Waals surface area contributed by atoms with Gasteiger partial charge in [-0.05, 0) is 12.3 Å². The highest BCUT2D eigenvalue weighted by molar-refractivity contribution is 5.83. The predicted molar refractivity (Wildman–Crippen MR) is 61.2 cm³/mol. The lowest BCUT2D eigenvalue weighted by atomic mass is 9.92. The Balaban J connectivity index is 2.75. The number of hydrogen-bond acceptors (Lipinski definition) is 4. The molecule has 0 aliphatic carbocycles. The lowest BCUT2D eigenvalue weighted by Crippen LogP contribution is -2.11. The van der Waals surface area contributed by atoms with Crippen LogP contribution >= 0.6 is 0 Å². The molecule has 0 aliphatic rings. The molecule has 16 heavy (non-hydrogen) atoms. The monoisotopic (exact) mass is 224 g/mol. The number of ketones is 1. The Hall–Kier alpha value is -1.19. The van der Waals surface area contributed by atoms with Crippen molar-refractivity contribution in [2.45, 2.75) is 53.4 Å². The predicted octanol–water partition coefficient (Wildman–Crippen LogP) is 2.74. The number of carbonyl (C=O) groups excluding carboxylic acids is 1. The molecule has 1 rings (SSSR count). The molecule has 4 nitrogen and oxygen atoms in total. The zero-order chi connectivity index (χ0) is 12.3. The van der Waals surface area contributed by atoms with Crippen molar-refractivity contribution >= 4 is 5.78 Å². The van der Waals surface area contributed by atoms with Gasteiger partial charge in [-0.1, -0.05) is 32.9 Å². The largest absolute Gasteiger partial charge is 0.339 e. The van der Waals surface area contributed by atoms with E-state index in [1.807, 2.05) is 6.92 Å². The van der Waals surface area contributed by atoms with Crippen LogP contribution in [0, 0.1) is 5.41 Å². The van der Waals surface area contributed by atoms with Gasteiger partial charge in [-0.2, -0.15) is 4.98 Å². The lowest BCUT2D eigenvalue weighted by molar-refractivity contribution is -0.120. The number of rotatable bonds is 4. The molecule has 0 aromatic carbocycles. The van der Waals surface area contributed by atoms with Crippen LogP contribution in [0.5, 0.6) is 0 Å². The molecule has 1 unspecified atom stereocenters. The Morgan fingerprint density at radius 3 is 2.56 bits per heavy atom. The Morgan fingerprint density at radius 2 is 2.06 bits per heavy atom. The van der Waals surface area contributed by atoms with E-state index >= 15 is 0 Å². The normalized spacial score (nSPS) is 13.8. The first-order valence-electron chi connectivity index (χ1n) is 5.68. The molecule has 0 saturated heterocycles. The maximum Gasteiger partial charge on any atom is 0.236 e. The van der Waals surface area contributed by atoms with Crippen molar-refractivity contribution in [2.24, 2.45) is 5.41 Å². The van der Waals surface area contributed by atoms with Crippen LogP contribution in [0.2, 0.25) is 0 Å². The fourth-order valence-corrected chi connectivity index (χ4v) is 1.43. The molecule has 0 amide bonds. The molecule has 0 N–H and O–H groups in total. The number of hydrogen-bond donors (Lipinski definition) is 0. The summed E-state index contributed by atoms with van der Waals surface area (Å²) < 4.78 is 5.11. The molecule has 0 fully saturated rings. The minimum absolute atomic E-state index is 0.124. The van der Waals surface area contributed by atoms with Gasteiger partial charge in [0.1, 0.15) is 5.78 Å². The maximum atomic E-state index is 11.5. The van der Waals surface area contributed by atoms with E-state index in [1.54, 1.807) is 6.92 Å². The zero-order valence-electron chi connectivity index (χ0n) is 10.7. The highest BCUT2D eigenvalue weighted by atomic mass is 16.5. The number of aromatic nitrogens is 2. The smallest absolute Gasteiger partial charge is 0.236 e. The fraction of sp³-hybridized carbons (Fsp3) is 0.750. The summed E-state index contributed by atoms with van der Waals surface area (Å²) >= 11 is 0. The van der Waals surface area contributed by atoms with Crippen LogP contribution in [0.3, 0.4) is 0 Å². The van der Waals surface area contributed by atoms with Crippen LogP contribution in [-0.2, 0) is 11.2 Å². The van der Waals surface area contributed by atoms with E-state index < -0.39 is 0 Å². The van der Waals surface area contributed by atoms with Crippen molar-refractivity contribution in [3.8, 4) is 0 Å². The summed E-state index contributed by atoms with van der Waals surface area (Å²) in [6.07, 6.45) is 1.25. The molecule has 1 aromatic heterocycles. The van der Waals surface area contributed by atoms with Crippen LogP contribution < -0.4 is 0 Å². The molecule has 0 bridgehead atoms. The van der Waals surface area contributed by atoms with E-state index in [0.29, 0.717) is 18.1 Å². The second-order valence-corrected chi connectivity index (χ2v) is 5.33. The van der Waals surface area contributed by atoms with Crippen molar-refractivity contribution in [3.63, 3.8) is 0 Å². The van der Waals surface area contributed by atoms with Crippen LogP contribution in [-0.4, -0.2) is 15.9 Å². The first-order chi connectivity index (χ1) is 7.33. The average molecular weight is 224 g/mol. The second kappa shape index (κ2) is 4.76. The fourth-order valence-electron chi connectivity index (χ4n) is 1.43.